The van der Waals surface area contributed by atoms with Crippen molar-refractivity contribution in [1.82, 2.24) is 15.2 Å². The van der Waals surface area contributed by atoms with Crippen LogP contribution in [0.2, 0.25) is 0 Å². The highest BCUT2D eigenvalue weighted by molar-refractivity contribution is 5.95. The van der Waals surface area contributed by atoms with Crippen LogP contribution < -0.4 is 16.2 Å². The number of pyridine rings is 1. The maximum Gasteiger partial charge on any atom is 0.0928 e. The van der Waals surface area contributed by atoms with Crippen molar-refractivity contribution in [3.63, 3.8) is 0 Å². The lowest BCUT2D eigenvalue weighted by molar-refractivity contribution is -0.458. The Morgan fingerprint density at radius 2 is 1.78 bits per heavy atom. The standard InChI is InChI=1S/C21H16N4O2.C4H11N/c26-21(27)17-6-1-2-7-18(17)23-15-8-10-16-19(24-25-20(16)13-15)11-9-14-5-3-4-12-22-14;1-4(2,3)5/h1-13,23H,(H,24,25)(H,26,27);5H2,1-3H3. The van der Waals surface area contributed by atoms with E-state index in [-0.39, 0.29) is 11.1 Å². The summed E-state index contributed by atoms with van der Waals surface area (Å²) >= 11 is 0. The van der Waals surface area contributed by atoms with Crippen molar-refractivity contribution >= 4 is 40.4 Å². The number of para-hydroxylation sites is 1. The molecule has 0 aliphatic rings. The molecule has 2 aromatic carbocycles. The van der Waals surface area contributed by atoms with Gasteiger partial charge in [-0.05, 0) is 69.3 Å². The van der Waals surface area contributed by atoms with Crippen LogP contribution in [-0.2, 0) is 0 Å². The highest BCUT2D eigenvalue weighted by atomic mass is 16.4. The normalized spacial score (nSPS) is 11.2. The lowest BCUT2D eigenvalue weighted by Gasteiger charge is -2.12. The third kappa shape index (κ3) is 6.52. The molecule has 0 aliphatic heterocycles. The zero-order chi connectivity index (χ0) is 23.1. The first-order valence-corrected chi connectivity index (χ1v) is 10.2. The molecule has 0 bridgehead atoms. The number of carbonyl (C=O) groups excluding carboxylic acids is 1. The number of anilines is 2. The number of carbonyl (C=O) groups is 1. The van der Waals surface area contributed by atoms with Crippen LogP contribution in [0.5, 0.6) is 0 Å². The van der Waals surface area contributed by atoms with Crippen LogP contribution in [0.15, 0.2) is 66.9 Å². The molecular weight excluding hydrogens is 402 g/mol. The summed E-state index contributed by atoms with van der Waals surface area (Å²) in [5.41, 5.74) is 7.86. The quantitative estimate of drug-likeness (QED) is 0.450. The van der Waals surface area contributed by atoms with Gasteiger partial charge in [0.15, 0.2) is 0 Å². The number of aromatic amines is 1. The Bertz CT molecular complexity index is 1220. The summed E-state index contributed by atoms with van der Waals surface area (Å²) in [4.78, 5) is 15.5. The number of fused-ring (bicyclic) bond motifs is 1. The van der Waals surface area contributed by atoms with Gasteiger partial charge < -0.3 is 21.0 Å². The molecule has 0 aliphatic carbocycles. The summed E-state index contributed by atoms with van der Waals surface area (Å²) < 4.78 is 0. The Balaban J connectivity index is 0.000000523. The fourth-order valence-electron chi connectivity index (χ4n) is 2.81. The molecule has 0 spiro atoms. The van der Waals surface area contributed by atoms with E-state index in [9.17, 15) is 9.90 Å². The van der Waals surface area contributed by atoms with Crippen LogP contribution in [0, 0.1) is 0 Å². The van der Waals surface area contributed by atoms with Gasteiger partial charge in [-0.25, -0.2) is 0 Å². The zero-order valence-electron chi connectivity index (χ0n) is 18.4. The predicted molar refractivity (Wildman–Crippen MR) is 126 cm³/mol. The molecule has 0 amide bonds. The highest BCUT2D eigenvalue weighted by Crippen LogP contribution is 2.25. The Morgan fingerprint density at radius 3 is 2.47 bits per heavy atom. The second kappa shape index (κ2) is 9.89. The van der Waals surface area contributed by atoms with Gasteiger partial charge in [-0.2, -0.15) is 5.10 Å². The fourth-order valence-corrected chi connectivity index (χ4v) is 2.81. The average molecular weight is 430 g/mol. The minimum absolute atomic E-state index is 0.112. The van der Waals surface area contributed by atoms with Gasteiger partial charge in [-0.15, -0.1) is 0 Å². The Morgan fingerprint density at radius 1 is 1.06 bits per heavy atom. The number of benzene rings is 2. The number of hydrogen-bond acceptors (Lipinski definition) is 5. The van der Waals surface area contributed by atoms with Crippen molar-refractivity contribution in [2.75, 3.05) is 5.32 Å². The second-order valence-electron chi connectivity index (χ2n) is 8.48. The van der Waals surface area contributed by atoms with Crippen molar-refractivity contribution in [3.05, 3.63) is 83.8 Å². The van der Waals surface area contributed by atoms with Gasteiger partial charge in [0.1, 0.15) is 0 Å². The molecule has 32 heavy (non-hydrogen) atoms. The molecule has 0 unspecified atom stereocenters. The minimum atomic E-state index is -1.22. The van der Waals surface area contributed by atoms with Gasteiger partial charge in [-0.3, -0.25) is 10.1 Å². The van der Waals surface area contributed by atoms with E-state index in [0.717, 1.165) is 28.0 Å². The number of H-pyrrole nitrogens is 1. The molecule has 0 radical (unpaired) electrons. The number of hydrogen-bond donors (Lipinski definition) is 3. The van der Waals surface area contributed by atoms with E-state index >= 15 is 0 Å². The minimum Gasteiger partial charge on any atom is -0.545 e. The predicted octanol–water partition coefficient (Wildman–Crippen LogP) is 3.26. The maximum atomic E-state index is 11.2. The third-order valence-electron chi connectivity index (χ3n) is 4.12. The fraction of sp³-hybridized carbons (Fsp3) is 0.160. The van der Waals surface area contributed by atoms with E-state index in [1.54, 1.807) is 24.4 Å². The van der Waals surface area contributed by atoms with Gasteiger partial charge in [0.25, 0.3) is 0 Å². The van der Waals surface area contributed by atoms with Crippen molar-refractivity contribution in [2.45, 2.75) is 26.3 Å². The first kappa shape index (κ1) is 22.7. The average Bonchev–Trinajstić information content (AvgIpc) is 3.14. The molecule has 7 heteroatoms. The molecule has 4 aromatic rings. The smallest absolute Gasteiger partial charge is 0.0928 e. The van der Waals surface area contributed by atoms with E-state index in [2.05, 4.69) is 47.0 Å². The first-order valence-electron chi connectivity index (χ1n) is 10.2. The van der Waals surface area contributed by atoms with Crippen molar-refractivity contribution < 1.29 is 15.6 Å². The van der Waals surface area contributed by atoms with E-state index in [1.165, 1.54) is 6.07 Å². The number of carboxylic acids is 1. The van der Waals surface area contributed by atoms with Crippen LogP contribution in [0.1, 0.15) is 42.5 Å². The van der Waals surface area contributed by atoms with E-state index in [0.29, 0.717) is 5.69 Å². The lowest BCUT2D eigenvalue weighted by Crippen LogP contribution is -2.67. The second-order valence-corrected chi connectivity index (χ2v) is 8.48. The SMILES string of the molecule is CC(C)(C)[NH3+].O=C([O-])c1ccccc1Nc1ccc2c(C=Cc3ccccn3)n[nH]c2c1. The molecule has 7 nitrogen and oxygen atoms in total. The van der Waals surface area contributed by atoms with Gasteiger partial charge in [0.2, 0.25) is 0 Å². The third-order valence-corrected chi connectivity index (χ3v) is 4.12. The number of nitrogens with one attached hydrogen (secondary N) is 2. The lowest BCUT2D eigenvalue weighted by atomic mass is 10.1. The monoisotopic (exact) mass is 429 g/mol. The molecule has 2 heterocycles. The van der Waals surface area contributed by atoms with Crippen molar-refractivity contribution in [3.8, 4) is 0 Å². The molecule has 0 atom stereocenters. The highest BCUT2D eigenvalue weighted by Gasteiger charge is 2.07. The van der Waals surface area contributed by atoms with E-state index < -0.39 is 5.97 Å². The molecule has 0 saturated carbocycles. The summed E-state index contributed by atoms with van der Waals surface area (Å²) in [6.07, 6.45) is 5.54. The summed E-state index contributed by atoms with van der Waals surface area (Å²) in [5, 5.41) is 22.6. The summed E-state index contributed by atoms with van der Waals surface area (Å²) in [5.74, 6) is -1.22. The number of aromatic carboxylic acids is 1. The van der Waals surface area contributed by atoms with Gasteiger partial charge in [-0.1, -0.05) is 24.3 Å². The molecular formula is C25H27N5O2. The van der Waals surface area contributed by atoms with Crippen LogP contribution in [0.4, 0.5) is 11.4 Å². The zero-order valence-corrected chi connectivity index (χ0v) is 18.4. The Kier molecular flexibility index (Phi) is 7.02. The van der Waals surface area contributed by atoms with E-state index in [1.807, 2.05) is 48.6 Å². The summed E-state index contributed by atoms with van der Waals surface area (Å²) in [6, 6.07) is 18.0. The first-order chi connectivity index (χ1) is 15.2. The Labute approximate surface area is 187 Å². The van der Waals surface area contributed by atoms with Crippen LogP contribution >= 0.6 is 0 Å². The molecule has 4 rings (SSSR count). The molecule has 2 aromatic heterocycles. The van der Waals surface area contributed by atoms with Gasteiger partial charge in [0.05, 0.1) is 28.4 Å². The van der Waals surface area contributed by atoms with Gasteiger partial charge >= 0.3 is 0 Å². The summed E-state index contributed by atoms with van der Waals surface area (Å²) in [7, 11) is 0. The number of nitrogens with zero attached hydrogens (tertiary/aromatic N) is 2. The number of carboxylic acid groups (broad SMARTS) is 1. The number of aromatic nitrogens is 3. The van der Waals surface area contributed by atoms with Crippen LogP contribution in [0.3, 0.4) is 0 Å². The Hall–Kier alpha value is -3.97. The van der Waals surface area contributed by atoms with E-state index in [4.69, 9.17) is 0 Å². The maximum absolute atomic E-state index is 11.2. The topological polar surface area (TPSA) is 121 Å². The van der Waals surface area contributed by atoms with Crippen LogP contribution in [-0.4, -0.2) is 26.7 Å². The largest absolute Gasteiger partial charge is 0.545 e. The molecule has 5 N–H and O–H groups in total. The molecule has 164 valence electrons. The number of quaternary nitrogens is 1. The number of rotatable bonds is 5. The van der Waals surface area contributed by atoms with Gasteiger partial charge in [0, 0.05) is 28.5 Å². The molecule has 0 fully saturated rings. The molecule has 0 saturated heterocycles. The van der Waals surface area contributed by atoms with Crippen molar-refractivity contribution in [1.29, 1.82) is 0 Å². The van der Waals surface area contributed by atoms with Crippen LogP contribution in [0.25, 0.3) is 23.1 Å². The summed E-state index contributed by atoms with van der Waals surface area (Å²) in [6.45, 7) is 6.23. The van der Waals surface area contributed by atoms with Crippen molar-refractivity contribution in [2.24, 2.45) is 0 Å².